The van der Waals surface area contributed by atoms with E-state index in [-0.39, 0.29) is 0 Å². The van der Waals surface area contributed by atoms with Gasteiger partial charge in [-0.2, -0.15) is 0 Å². The van der Waals surface area contributed by atoms with Crippen LogP contribution >= 0.6 is 11.3 Å². The van der Waals surface area contributed by atoms with E-state index in [4.69, 9.17) is 0 Å². The van der Waals surface area contributed by atoms with E-state index in [1.807, 2.05) is 11.3 Å². The zero-order valence-corrected chi connectivity index (χ0v) is 38.0. The highest BCUT2D eigenvalue weighted by atomic mass is 32.1. The summed E-state index contributed by atoms with van der Waals surface area (Å²) in [6, 6.07) is 95.7. The Bertz CT molecular complexity index is 3990. The molecule has 0 N–H and O–H groups in total. The fourth-order valence-electron chi connectivity index (χ4n) is 10.5. The summed E-state index contributed by atoms with van der Waals surface area (Å²) < 4.78 is 2.56. The predicted molar refractivity (Wildman–Crippen MR) is 294 cm³/mol. The molecule has 0 fully saturated rings. The van der Waals surface area contributed by atoms with Crippen LogP contribution in [0.5, 0.6) is 0 Å². The number of hydrogen-bond acceptors (Lipinski definition) is 2. The first-order valence-electron chi connectivity index (χ1n) is 23.3. The molecule has 0 bridgehead atoms. The maximum atomic E-state index is 2.45. The third kappa shape index (κ3) is 6.85. The first kappa shape index (κ1) is 39.8. The Kier molecular flexibility index (Phi) is 9.77. The number of rotatable bonds is 8. The van der Waals surface area contributed by atoms with E-state index in [9.17, 15) is 0 Å². The number of thiophene rings is 1. The van der Waals surface area contributed by atoms with Gasteiger partial charge in [0, 0.05) is 26.8 Å². The second kappa shape index (κ2) is 16.7. The Morgan fingerprint density at radius 3 is 1.54 bits per heavy atom. The molecule has 0 aliphatic rings. The maximum Gasteiger partial charge on any atom is 0.0640 e. The number of hydrogen-bond donors (Lipinski definition) is 0. The van der Waals surface area contributed by atoms with Gasteiger partial charge in [-0.15, -0.1) is 11.3 Å². The molecule has 0 spiro atoms. The first-order valence-corrected chi connectivity index (χ1v) is 24.1. The quantitative estimate of drug-likeness (QED) is 0.137. The Balaban J connectivity index is 0.951. The maximum absolute atomic E-state index is 2.45. The molecule has 12 aromatic carbocycles. The van der Waals surface area contributed by atoms with Crippen LogP contribution in [0.4, 0.5) is 17.1 Å². The highest BCUT2D eigenvalue weighted by Gasteiger charge is 2.21. The van der Waals surface area contributed by atoms with Crippen molar-refractivity contribution in [2.24, 2.45) is 0 Å². The smallest absolute Gasteiger partial charge is 0.0640 e. The summed E-state index contributed by atoms with van der Waals surface area (Å²) in [5.41, 5.74) is 15.5. The van der Waals surface area contributed by atoms with Crippen molar-refractivity contribution in [3.8, 4) is 55.6 Å². The lowest BCUT2D eigenvalue weighted by atomic mass is 9.84. The van der Waals surface area contributed by atoms with Crippen molar-refractivity contribution in [1.29, 1.82) is 0 Å². The van der Waals surface area contributed by atoms with E-state index in [0.717, 1.165) is 22.6 Å². The molecular formula is C66H43NS. The fourth-order valence-corrected chi connectivity index (χ4v) is 11.7. The summed E-state index contributed by atoms with van der Waals surface area (Å²) in [5.74, 6) is 0. The van der Waals surface area contributed by atoms with Gasteiger partial charge in [0.15, 0.2) is 0 Å². The van der Waals surface area contributed by atoms with Gasteiger partial charge in [-0.3, -0.25) is 0 Å². The fraction of sp³-hybridized carbons (Fsp3) is 0. The summed E-state index contributed by atoms with van der Waals surface area (Å²) in [5, 5.41) is 10.1. The van der Waals surface area contributed by atoms with Crippen LogP contribution in [0.3, 0.4) is 0 Å². The summed E-state index contributed by atoms with van der Waals surface area (Å²) in [6.07, 6.45) is 0. The molecule has 0 saturated carbocycles. The molecule has 0 radical (unpaired) electrons. The SMILES string of the molecule is c1ccc(-c2c(-c3ccccc3)c3cc(-c4cccc(N(c5ccc(-c6ccc(-c7cccc8ccccc78)cc6)cc5)c5cccc6c5sc5ccccc56)c4)ccc3c3ccccc23)cc1. The lowest BCUT2D eigenvalue weighted by Crippen LogP contribution is -2.10. The van der Waals surface area contributed by atoms with Gasteiger partial charge in [-0.05, 0) is 130 Å². The van der Waals surface area contributed by atoms with Crippen molar-refractivity contribution < 1.29 is 0 Å². The molecule has 0 atom stereocenters. The van der Waals surface area contributed by atoms with Crippen molar-refractivity contribution in [2.75, 3.05) is 4.90 Å². The van der Waals surface area contributed by atoms with Crippen LogP contribution < -0.4 is 4.90 Å². The largest absolute Gasteiger partial charge is 0.309 e. The molecule has 0 amide bonds. The Morgan fingerprint density at radius 2 is 0.779 bits per heavy atom. The number of fused-ring (bicyclic) bond motifs is 7. The molecule has 318 valence electrons. The van der Waals surface area contributed by atoms with Gasteiger partial charge in [0.25, 0.3) is 0 Å². The minimum Gasteiger partial charge on any atom is -0.309 e. The average Bonchev–Trinajstić information content (AvgIpc) is 3.81. The summed E-state index contributed by atoms with van der Waals surface area (Å²) in [6.45, 7) is 0. The molecule has 0 saturated heterocycles. The number of anilines is 3. The van der Waals surface area contributed by atoms with Crippen molar-refractivity contribution in [2.45, 2.75) is 0 Å². The van der Waals surface area contributed by atoms with Crippen LogP contribution in [0, 0.1) is 0 Å². The molecule has 2 heteroatoms. The van der Waals surface area contributed by atoms with Crippen LogP contribution in [0.15, 0.2) is 261 Å². The van der Waals surface area contributed by atoms with Gasteiger partial charge >= 0.3 is 0 Å². The molecule has 1 nitrogen and oxygen atoms in total. The standard InChI is InChI=1S/C66H43NS/c1-3-17-48(18-4-1)64-59-27-10-9-25-56(59)57-41-38-51(43-61(57)65(64)49-19-5-2-6-20-49)50-22-13-23-53(42-50)67(62-30-15-29-60-58-26-11-12-31-63(58)68-66(60)62)52-39-36-45(37-40-52)44-32-34-47(35-33-44)55-28-14-21-46-16-7-8-24-54(46)55/h1-43H. The second-order valence-corrected chi connectivity index (χ2v) is 18.6. The lowest BCUT2D eigenvalue weighted by Gasteiger charge is -2.27. The van der Waals surface area contributed by atoms with E-state index < -0.39 is 0 Å². The first-order chi connectivity index (χ1) is 33.7. The lowest BCUT2D eigenvalue weighted by molar-refractivity contribution is 1.30. The second-order valence-electron chi connectivity index (χ2n) is 17.6. The van der Waals surface area contributed by atoms with Crippen LogP contribution in [0.25, 0.3) is 108 Å². The van der Waals surface area contributed by atoms with E-state index >= 15 is 0 Å². The Hall–Kier alpha value is -8.56. The highest BCUT2D eigenvalue weighted by Crippen LogP contribution is 2.48. The van der Waals surface area contributed by atoms with Gasteiger partial charge in [-0.25, -0.2) is 0 Å². The van der Waals surface area contributed by atoms with Crippen LogP contribution in [-0.2, 0) is 0 Å². The van der Waals surface area contributed by atoms with Crippen LogP contribution in [-0.4, -0.2) is 0 Å². The van der Waals surface area contributed by atoms with Crippen molar-refractivity contribution >= 4 is 80.9 Å². The third-order valence-corrected chi connectivity index (χ3v) is 14.9. The molecule has 0 unspecified atom stereocenters. The average molecular weight is 882 g/mol. The Morgan fingerprint density at radius 1 is 0.265 bits per heavy atom. The molecular weight excluding hydrogens is 839 g/mol. The minimum absolute atomic E-state index is 1.10. The van der Waals surface area contributed by atoms with Gasteiger partial charge < -0.3 is 4.90 Å². The zero-order chi connectivity index (χ0) is 45.0. The van der Waals surface area contributed by atoms with Gasteiger partial charge in [0.1, 0.15) is 0 Å². The van der Waals surface area contributed by atoms with Gasteiger partial charge in [0.2, 0.25) is 0 Å². The summed E-state index contributed by atoms with van der Waals surface area (Å²) in [4.78, 5) is 2.45. The highest BCUT2D eigenvalue weighted by molar-refractivity contribution is 7.26. The topological polar surface area (TPSA) is 3.24 Å². The Labute approximate surface area is 400 Å². The van der Waals surface area contributed by atoms with Crippen molar-refractivity contribution in [3.63, 3.8) is 0 Å². The molecule has 68 heavy (non-hydrogen) atoms. The molecule has 0 aliphatic heterocycles. The molecule has 13 aromatic rings. The van der Waals surface area contributed by atoms with E-state index in [0.29, 0.717) is 0 Å². The van der Waals surface area contributed by atoms with E-state index in [1.54, 1.807) is 0 Å². The molecule has 0 aliphatic carbocycles. The molecule has 1 heterocycles. The van der Waals surface area contributed by atoms with Crippen LogP contribution in [0.1, 0.15) is 0 Å². The van der Waals surface area contributed by atoms with E-state index in [2.05, 4.69) is 266 Å². The van der Waals surface area contributed by atoms with Crippen molar-refractivity contribution in [3.05, 3.63) is 261 Å². The molecule has 13 rings (SSSR count). The zero-order valence-electron chi connectivity index (χ0n) is 37.2. The summed E-state index contributed by atoms with van der Waals surface area (Å²) in [7, 11) is 0. The van der Waals surface area contributed by atoms with Crippen LogP contribution in [0.2, 0.25) is 0 Å². The minimum atomic E-state index is 1.10. The van der Waals surface area contributed by atoms with E-state index in [1.165, 1.54) is 103 Å². The normalized spacial score (nSPS) is 11.5. The number of nitrogens with zero attached hydrogens (tertiary/aromatic N) is 1. The van der Waals surface area contributed by atoms with Gasteiger partial charge in [0.05, 0.1) is 10.4 Å². The predicted octanol–water partition coefficient (Wildman–Crippen LogP) is 19.3. The summed E-state index contributed by atoms with van der Waals surface area (Å²) >= 11 is 1.87. The number of benzene rings is 12. The van der Waals surface area contributed by atoms with Crippen molar-refractivity contribution in [1.82, 2.24) is 0 Å². The monoisotopic (exact) mass is 881 g/mol. The molecule has 1 aromatic heterocycles. The van der Waals surface area contributed by atoms with Gasteiger partial charge in [-0.1, -0.05) is 218 Å². The third-order valence-electron chi connectivity index (χ3n) is 13.7.